The number of anilines is 1. The lowest BCUT2D eigenvalue weighted by Gasteiger charge is -2.44. The van der Waals surface area contributed by atoms with Crippen LogP contribution in [0, 0.1) is 17.0 Å². The molecule has 0 amide bonds. The van der Waals surface area contributed by atoms with Crippen molar-refractivity contribution in [2.24, 2.45) is 5.41 Å². The van der Waals surface area contributed by atoms with Gasteiger partial charge in [0.05, 0.1) is 12.1 Å². The van der Waals surface area contributed by atoms with Gasteiger partial charge in [-0.25, -0.2) is 8.78 Å². The van der Waals surface area contributed by atoms with Crippen molar-refractivity contribution in [1.82, 2.24) is 14.8 Å². The summed E-state index contributed by atoms with van der Waals surface area (Å²) in [6.45, 7) is 11.6. The summed E-state index contributed by atoms with van der Waals surface area (Å²) in [5, 5.41) is 14.4. The number of para-hydroxylation sites is 1. The standard InChI is InChI=1S/C30H40F2N4O/c1-5-6-11-35-15-21(16-35)33-20-13-24(31)27(25(32)14-20)29-28-23(22-9-7-8-10-26(22)34-28)12-19(2)36(29)17-30(3,4)18-37/h7-10,13-14,19,21,29,33-34,37H,5-6,11-12,15-18H2,1-4H3/t19-,29-/m1/s1. The van der Waals surface area contributed by atoms with Crippen LogP contribution in [-0.2, 0) is 6.42 Å². The summed E-state index contributed by atoms with van der Waals surface area (Å²) < 4.78 is 31.8. The molecule has 0 radical (unpaired) electrons. The Balaban J connectivity index is 1.50. The Hall–Kier alpha value is -2.48. The molecule has 0 saturated carbocycles. The van der Waals surface area contributed by atoms with E-state index in [1.807, 2.05) is 32.0 Å². The minimum atomic E-state index is -0.612. The van der Waals surface area contributed by atoms with Gasteiger partial charge in [-0.05, 0) is 50.1 Å². The molecule has 1 fully saturated rings. The van der Waals surface area contributed by atoms with Crippen molar-refractivity contribution in [2.75, 3.05) is 38.1 Å². The Morgan fingerprint density at radius 3 is 2.51 bits per heavy atom. The number of fused-ring (bicyclic) bond motifs is 3. The van der Waals surface area contributed by atoms with E-state index in [1.54, 1.807) is 0 Å². The van der Waals surface area contributed by atoms with Crippen LogP contribution < -0.4 is 5.32 Å². The Morgan fingerprint density at radius 1 is 1.14 bits per heavy atom. The molecule has 2 aromatic carbocycles. The molecule has 5 nitrogen and oxygen atoms in total. The van der Waals surface area contributed by atoms with Gasteiger partial charge in [-0.3, -0.25) is 9.80 Å². The monoisotopic (exact) mass is 510 g/mol. The SMILES string of the molecule is CCCCN1CC(Nc2cc(F)c([C@@H]3c4[nH]c5ccccc5c4C[C@@H](C)N3CC(C)(C)CO)c(F)c2)C1. The number of aromatic nitrogens is 1. The third-order valence-corrected chi connectivity index (χ3v) is 8.06. The predicted molar refractivity (Wildman–Crippen MR) is 146 cm³/mol. The second-order valence-electron chi connectivity index (χ2n) is 11.8. The first kappa shape index (κ1) is 26.1. The molecule has 3 heterocycles. The van der Waals surface area contributed by atoms with Crippen molar-refractivity contribution in [3.63, 3.8) is 0 Å². The molecule has 3 aromatic rings. The summed E-state index contributed by atoms with van der Waals surface area (Å²) in [5.74, 6) is -1.08. The third-order valence-electron chi connectivity index (χ3n) is 8.06. The van der Waals surface area contributed by atoms with Gasteiger partial charge in [0, 0.05) is 65.5 Å². The number of hydrogen-bond donors (Lipinski definition) is 3. The van der Waals surface area contributed by atoms with Crippen LogP contribution in [0.3, 0.4) is 0 Å². The maximum absolute atomic E-state index is 15.9. The van der Waals surface area contributed by atoms with Crippen LogP contribution in [0.25, 0.3) is 10.9 Å². The van der Waals surface area contributed by atoms with Crippen LogP contribution in [-0.4, -0.2) is 64.8 Å². The number of aliphatic hydroxyl groups is 1. The number of likely N-dealkylation sites (tertiary alicyclic amines) is 1. The van der Waals surface area contributed by atoms with Gasteiger partial charge in [0.15, 0.2) is 0 Å². The molecule has 2 atom stereocenters. The molecule has 0 aliphatic carbocycles. The first-order chi connectivity index (χ1) is 17.7. The average Bonchev–Trinajstić information content (AvgIpc) is 3.19. The number of unbranched alkanes of at least 4 members (excludes halogenated alkanes) is 1. The topological polar surface area (TPSA) is 54.5 Å². The minimum Gasteiger partial charge on any atom is -0.396 e. The molecule has 2 aliphatic heterocycles. The van der Waals surface area contributed by atoms with Crippen LogP contribution in [0.1, 0.15) is 63.4 Å². The van der Waals surface area contributed by atoms with Gasteiger partial charge in [0.2, 0.25) is 0 Å². The van der Waals surface area contributed by atoms with E-state index in [2.05, 4.69) is 40.0 Å². The normalized spacial score (nSPS) is 21.3. The molecule has 37 heavy (non-hydrogen) atoms. The molecule has 7 heteroatoms. The summed E-state index contributed by atoms with van der Waals surface area (Å²) in [6, 6.07) is 10.6. The van der Waals surface area contributed by atoms with Crippen molar-refractivity contribution in [1.29, 1.82) is 0 Å². The lowest BCUT2D eigenvalue weighted by molar-refractivity contribution is 0.0544. The molecule has 5 rings (SSSR count). The van der Waals surface area contributed by atoms with Crippen molar-refractivity contribution < 1.29 is 13.9 Å². The van der Waals surface area contributed by atoms with Crippen molar-refractivity contribution >= 4 is 16.6 Å². The van der Waals surface area contributed by atoms with E-state index in [9.17, 15) is 5.11 Å². The van der Waals surface area contributed by atoms with Gasteiger partial charge >= 0.3 is 0 Å². The van der Waals surface area contributed by atoms with E-state index in [4.69, 9.17) is 0 Å². The number of nitrogens with zero attached hydrogens (tertiary/aromatic N) is 2. The van der Waals surface area contributed by atoms with Gasteiger partial charge in [-0.1, -0.05) is 45.4 Å². The summed E-state index contributed by atoms with van der Waals surface area (Å²) >= 11 is 0. The van der Waals surface area contributed by atoms with E-state index >= 15 is 8.78 Å². The van der Waals surface area contributed by atoms with E-state index < -0.39 is 23.1 Å². The summed E-state index contributed by atoms with van der Waals surface area (Å²) in [7, 11) is 0. The fraction of sp³-hybridized carbons (Fsp3) is 0.533. The summed E-state index contributed by atoms with van der Waals surface area (Å²) in [4.78, 5) is 8.02. The first-order valence-corrected chi connectivity index (χ1v) is 13.6. The second kappa shape index (κ2) is 10.4. The number of H-pyrrole nitrogens is 1. The van der Waals surface area contributed by atoms with Crippen LogP contribution in [0.15, 0.2) is 36.4 Å². The number of halogens is 2. The zero-order chi connectivity index (χ0) is 26.3. The molecule has 1 aromatic heterocycles. The molecular weight excluding hydrogens is 470 g/mol. The van der Waals surface area contributed by atoms with E-state index in [0.29, 0.717) is 12.2 Å². The molecular formula is C30H40F2N4O. The lowest BCUT2D eigenvalue weighted by Crippen LogP contribution is -2.54. The van der Waals surface area contributed by atoms with Crippen molar-refractivity contribution in [2.45, 2.75) is 65.1 Å². The van der Waals surface area contributed by atoms with E-state index in [-0.39, 0.29) is 24.3 Å². The first-order valence-electron chi connectivity index (χ1n) is 13.6. The summed E-state index contributed by atoms with van der Waals surface area (Å²) in [6.07, 6.45) is 3.11. The molecule has 0 unspecified atom stereocenters. The number of hydrogen-bond acceptors (Lipinski definition) is 4. The van der Waals surface area contributed by atoms with Crippen molar-refractivity contribution in [3.8, 4) is 0 Å². The molecule has 3 N–H and O–H groups in total. The van der Waals surface area contributed by atoms with Gasteiger partial charge in [-0.15, -0.1) is 0 Å². The molecule has 0 spiro atoms. The fourth-order valence-corrected chi connectivity index (χ4v) is 6.00. The number of aromatic amines is 1. The smallest absolute Gasteiger partial charge is 0.133 e. The largest absolute Gasteiger partial charge is 0.396 e. The molecule has 1 saturated heterocycles. The Kier molecular flexibility index (Phi) is 7.31. The van der Waals surface area contributed by atoms with Gasteiger partial charge in [-0.2, -0.15) is 0 Å². The number of nitrogens with one attached hydrogen (secondary N) is 2. The van der Waals surface area contributed by atoms with Crippen LogP contribution >= 0.6 is 0 Å². The van der Waals surface area contributed by atoms with Crippen molar-refractivity contribution in [3.05, 3.63) is 64.9 Å². The Bertz CT molecular complexity index is 1230. The Labute approximate surface area is 218 Å². The van der Waals surface area contributed by atoms with Crippen LogP contribution in [0.5, 0.6) is 0 Å². The number of benzene rings is 2. The second-order valence-corrected chi connectivity index (χ2v) is 11.8. The highest BCUT2D eigenvalue weighted by molar-refractivity contribution is 5.85. The highest BCUT2D eigenvalue weighted by atomic mass is 19.1. The molecule has 0 bridgehead atoms. The highest BCUT2D eigenvalue weighted by Crippen LogP contribution is 2.44. The van der Waals surface area contributed by atoms with Gasteiger partial charge in [0.1, 0.15) is 11.6 Å². The van der Waals surface area contributed by atoms with E-state index in [0.717, 1.165) is 54.6 Å². The Morgan fingerprint density at radius 2 is 1.84 bits per heavy atom. The lowest BCUT2D eigenvalue weighted by atomic mass is 9.84. The minimum absolute atomic E-state index is 0.00696. The predicted octanol–water partition coefficient (Wildman–Crippen LogP) is 5.70. The third kappa shape index (κ3) is 5.14. The molecule has 200 valence electrons. The average molecular weight is 511 g/mol. The maximum atomic E-state index is 15.9. The number of aliphatic hydroxyl groups excluding tert-OH is 1. The van der Waals surface area contributed by atoms with Gasteiger partial charge < -0.3 is 15.4 Å². The maximum Gasteiger partial charge on any atom is 0.133 e. The quantitative estimate of drug-likeness (QED) is 0.346. The van der Waals surface area contributed by atoms with Crippen LogP contribution in [0.2, 0.25) is 0 Å². The zero-order valence-electron chi connectivity index (χ0n) is 22.5. The number of rotatable bonds is 9. The van der Waals surface area contributed by atoms with Gasteiger partial charge in [0.25, 0.3) is 0 Å². The molecule has 2 aliphatic rings. The van der Waals surface area contributed by atoms with E-state index in [1.165, 1.54) is 18.6 Å². The summed E-state index contributed by atoms with van der Waals surface area (Å²) in [5.41, 5.74) is 3.08. The fourth-order valence-electron chi connectivity index (χ4n) is 6.00. The zero-order valence-corrected chi connectivity index (χ0v) is 22.5. The highest BCUT2D eigenvalue weighted by Gasteiger charge is 2.41. The van der Waals surface area contributed by atoms with Crippen LogP contribution in [0.4, 0.5) is 14.5 Å².